The molecule has 1 N–H and O–H groups in total. The highest BCUT2D eigenvalue weighted by Crippen LogP contribution is 2.32. The van der Waals surface area contributed by atoms with Gasteiger partial charge in [-0.2, -0.15) is 0 Å². The summed E-state index contributed by atoms with van der Waals surface area (Å²) in [5.41, 5.74) is 1.07. The molecular formula is C12H14ClNO. The van der Waals surface area contributed by atoms with Crippen molar-refractivity contribution in [3.8, 4) is 0 Å². The summed E-state index contributed by atoms with van der Waals surface area (Å²) >= 11 is 6.36. The molecule has 0 radical (unpaired) electrons. The minimum absolute atomic E-state index is 0.0570. The molecule has 2 rings (SSSR count). The molecule has 1 unspecified atom stereocenters. The summed E-state index contributed by atoms with van der Waals surface area (Å²) in [6.07, 6.45) is 0.584. The van der Waals surface area contributed by atoms with Crippen LogP contribution in [0.4, 0.5) is 0 Å². The van der Waals surface area contributed by atoms with Gasteiger partial charge >= 0.3 is 0 Å². The molecule has 1 aliphatic rings. The molecule has 0 spiro atoms. The summed E-state index contributed by atoms with van der Waals surface area (Å²) in [7, 11) is 0. The zero-order chi connectivity index (χ0) is 10.8. The summed E-state index contributed by atoms with van der Waals surface area (Å²) in [5.74, 6) is 0.411. The van der Waals surface area contributed by atoms with Crippen LogP contribution in [0.15, 0.2) is 30.3 Å². The molecule has 1 fully saturated rings. The Bertz CT molecular complexity index is 352. The summed E-state index contributed by atoms with van der Waals surface area (Å²) in [5, 5.41) is 2.80. The zero-order valence-electron chi connectivity index (χ0n) is 8.61. The Morgan fingerprint density at radius 2 is 2.07 bits per heavy atom. The molecule has 15 heavy (non-hydrogen) atoms. The number of hydrogen-bond donors (Lipinski definition) is 1. The highest BCUT2D eigenvalue weighted by Gasteiger charge is 2.34. The maximum Gasteiger partial charge on any atom is 0.220 e. The average molecular weight is 224 g/mol. The topological polar surface area (TPSA) is 29.1 Å². The van der Waals surface area contributed by atoms with E-state index in [0.29, 0.717) is 12.3 Å². The lowest BCUT2D eigenvalue weighted by molar-refractivity contribution is -0.119. The van der Waals surface area contributed by atoms with E-state index in [2.05, 4.69) is 12.2 Å². The lowest BCUT2D eigenvalue weighted by Crippen LogP contribution is -2.32. The minimum Gasteiger partial charge on any atom is -0.351 e. The molecule has 1 aliphatic heterocycles. The molecule has 1 saturated heterocycles. The van der Waals surface area contributed by atoms with E-state index in [9.17, 15) is 4.79 Å². The first-order valence-corrected chi connectivity index (χ1v) is 5.60. The Kier molecular flexibility index (Phi) is 2.96. The van der Waals surface area contributed by atoms with E-state index >= 15 is 0 Å². The third-order valence-corrected chi connectivity index (χ3v) is 3.40. The van der Waals surface area contributed by atoms with E-state index in [1.807, 2.05) is 30.3 Å². The third kappa shape index (κ3) is 2.15. The molecule has 3 atom stereocenters. The van der Waals surface area contributed by atoms with E-state index in [1.54, 1.807) is 0 Å². The molecule has 1 aromatic rings. The van der Waals surface area contributed by atoms with Crippen LogP contribution >= 0.6 is 11.6 Å². The predicted molar refractivity (Wildman–Crippen MR) is 60.7 cm³/mol. The van der Waals surface area contributed by atoms with E-state index in [4.69, 9.17) is 11.6 Å². The van der Waals surface area contributed by atoms with Crippen LogP contribution in [0, 0.1) is 5.92 Å². The number of hydrogen-bond acceptors (Lipinski definition) is 1. The van der Waals surface area contributed by atoms with Crippen molar-refractivity contribution in [1.29, 1.82) is 0 Å². The van der Waals surface area contributed by atoms with E-state index < -0.39 is 0 Å². The molecule has 3 heteroatoms. The van der Waals surface area contributed by atoms with Crippen molar-refractivity contribution in [2.24, 2.45) is 5.92 Å². The SMILES string of the molecule is CC1CC(=O)N[C@H]1[C@H](Cl)c1ccccc1. The first-order valence-electron chi connectivity index (χ1n) is 5.17. The molecule has 80 valence electrons. The maximum atomic E-state index is 11.2. The first kappa shape index (κ1) is 10.5. The number of halogens is 1. The van der Waals surface area contributed by atoms with Gasteiger partial charge in [0, 0.05) is 6.42 Å². The number of amides is 1. The highest BCUT2D eigenvalue weighted by molar-refractivity contribution is 6.21. The Morgan fingerprint density at radius 3 is 2.60 bits per heavy atom. The molecule has 1 amide bonds. The molecular weight excluding hydrogens is 210 g/mol. The van der Waals surface area contributed by atoms with Crippen molar-refractivity contribution < 1.29 is 4.79 Å². The quantitative estimate of drug-likeness (QED) is 0.767. The van der Waals surface area contributed by atoms with Crippen LogP contribution in [-0.2, 0) is 4.79 Å². The minimum atomic E-state index is -0.132. The molecule has 1 heterocycles. The Hall–Kier alpha value is -1.02. The van der Waals surface area contributed by atoms with Gasteiger partial charge in [0.25, 0.3) is 0 Å². The van der Waals surface area contributed by atoms with Crippen molar-refractivity contribution in [1.82, 2.24) is 5.32 Å². The van der Waals surface area contributed by atoms with E-state index in [1.165, 1.54) is 0 Å². The fraction of sp³-hybridized carbons (Fsp3) is 0.417. The third-order valence-electron chi connectivity index (χ3n) is 2.88. The van der Waals surface area contributed by atoms with Crippen LogP contribution in [0.25, 0.3) is 0 Å². The zero-order valence-corrected chi connectivity index (χ0v) is 9.37. The number of carbonyl (C=O) groups excluding carboxylic acids is 1. The molecule has 0 aromatic heterocycles. The monoisotopic (exact) mass is 223 g/mol. The summed E-state index contributed by atoms with van der Waals surface area (Å²) in [6.45, 7) is 2.06. The van der Waals surface area contributed by atoms with Crippen LogP contribution in [0.1, 0.15) is 24.3 Å². The Morgan fingerprint density at radius 1 is 1.40 bits per heavy atom. The highest BCUT2D eigenvalue weighted by atomic mass is 35.5. The van der Waals surface area contributed by atoms with Gasteiger partial charge in [0.05, 0.1) is 11.4 Å². The molecule has 1 aromatic carbocycles. The van der Waals surface area contributed by atoms with Crippen LogP contribution in [0.5, 0.6) is 0 Å². The fourth-order valence-corrected chi connectivity index (χ4v) is 2.47. The van der Waals surface area contributed by atoms with Gasteiger partial charge in [-0.15, -0.1) is 11.6 Å². The predicted octanol–water partition coefficient (Wildman–Crippen LogP) is 2.49. The van der Waals surface area contributed by atoms with Gasteiger partial charge in [-0.3, -0.25) is 4.79 Å². The summed E-state index contributed by atoms with van der Waals surface area (Å²) in [6, 6.07) is 9.94. The lowest BCUT2D eigenvalue weighted by Gasteiger charge is -2.21. The van der Waals surface area contributed by atoms with Crippen molar-refractivity contribution >= 4 is 17.5 Å². The summed E-state index contributed by atoms with van der Waals surface area (Å²) < 4.78 is 0. The van der Waals surface area contributed by atoms with Gasteiger partial charge in [-0.1, -0.05) is 37.3 Å². The second-order valence-corrected chi connectivity index (χ2v) is 4.56. The number of carbonyl (C=O) groups is 1. The molecule has 0 bridgehead atoms. The molecule has 0 saturated carbocycles. The Balaban J connectivity index is 2.15. The first-order chi connectivity index (χ1) is 7.18. The number of alkyl halides is 1. The normalized spacial score (nSPS) is 27.5. The van der Waals surface area contributed by atoms with Crippen molar-refractivity contribution in [2.45, 2.75) is 24.8 Å². The molecule has 2 nitrogen and oxygen atoms in total. The van der Waals surface area contributed by atoms with Gasteiger partial charge in [0.2, 0.25) is 5.91 Å². The number of rotatable bonds is 2. The van der Waals surface area contributed by atoms with E-state index in [-0.39, 0.29) is 17.3 Å². The summed E-state index contributed by atoms with van der Waals surface area (Å²) in [4.78, 5) is 11.2. The lowest BCUT2D eigenvalue weighted by atomic mass is 9.96. The largest absolute Gasteiger partial charge is 0.351 e. The van der Waals surface area contributed by atoms with Crippen LogP contribution in [-0.4, -0.2) is 11.9 Å². The van der Waals surface area contributed by atoms with Crippen LogP contribution in [0.3, 0.4) is 0 Å². The van der Waals surface area contributed by atoms with Crippen molar-refractivity contribution in [3.63, 3.8) is 0 Å². The molecule has 0 aliphatic carbocycles. The van der Waals surface area contributed by atoms with E-state index in [0.717, 1.165) is 5.56 Å². The second-order valence-electron chi connectivity index (χ2n) is 4.09. The van der Waals surface area contributed by atoms with Crippen molar-refractivity contribution in [2.75, 3.05) is 0 Å². The Labute approximate surface area is 94.6 Å². The van der Waals surface area contributed by atoms with Gasteiger partial charge in [-0.25, -0.2) is 0 Å². The number of benzene rings is 1. The van der Waals surface area contributed by atoms with Crippen LogP contribution < -0.4 is 5.32 Å². The van der Waals surface area contributed by atoms with Gasteiger partial charge < -0.3 is 5.32 Å². The number of nitrogens with one attached hydrogen (secondary N) is 1. The maximum absolute atomic E-state index is 11.2. The van der Waals surface area contributed by atoms with Crippen molar-refractivity contribution in [3.05, 3.63) is 35.9 Å². The van der Waals surface area contributed by atoms with Gasteiger partial charge in [0.15, 0.2) is 0 Å². The smallest absolute Gasteiger partial charge is 0.220 e. The average Bonchev–Trinajstić information content (AvgIpc) is 2.58. The fourth-order valence-electron chi connectivity index (χ4n) is 2.01. The van der Waals surface area contributed by atoms with Gasteiger partial charge in [-0.05, 0) is 11.5 Å². The second kappa shape index (κ2) is 4.23. The van der Waals surface area contributed by atoms with Crippen LogP contribution in [0.2, 0.25) is 0 Å². The van der Waals surface area contributed by atoms with Gasteiger partial charge in [0.1, 0.15) is 0 Å². The standard InChI is InChI=1S/C12H14ClNO/c1-8-7-10(15)14-12(8)11(13)9-5-3-2-4-6-9/h2-6,8,11-12H,7H2,1H3,(H,14,15)/t8?,11-,12-/m1/s1.